The first kappa shape index (κ1) is 83.1. The van der Waals surface area contributed by atoms with E-state index in [2.05, 4.69) is 34.6 Å². The zero-order chi connectivity index (χ0) is 62.8. The van der Waals surface area contributed by atoms with E-state index in [1.54, 1.807) is 0 Å². The zero-order valence-corrected chi connectivity index (χ0v) is 56.5. The molecule has 0 aliphatic rings. The molecule has 0 aromatic carbocycles. The third-order valence-corrected chi connectivity index (χ3v) is 17.2. The Morgan fingerprint density at radius 2 is 0.541 bits per heavy atom. The lowest BCUT2D eigenvalue weighted by molar-refractivity contribution is -0.161. The first-order valence-electron chi connectivity index (χ1n) is 34.6. The normalized spacial score (nSPS) is 14.2. The van der Waals surface area contributed by atoms with Crippen LogP contribution in [0.3, 0.4) is 0 Å². The van der Waals surface area contributed by atoms with Crippen LogP contribution in [0.5, 0.6) is 0 Å². The van der Waals surface area contributed by atoms with E-state index in [9.17, 15) is 43.2 Å². The highest BCUT2D eigenvalue weighted by atomic mass is 31.2. The van der Waals surface area contributed by atoms with Gasteiger partial charge in [0, 0.05) is 25.7 Å². The molecule has 0 rings (SSSR count). The highest BCUT2D eigenvalue weighted by Crippen LogP contribution is 2.45. The molecule has 504 valence electrons. The molecule has 0 aromatic rings. The number of carbonyl (C=O) groups excluding carboxylic acids is 4. The van der Waals surface area contributed by atoms with Gasteiger partial charge in [0.15, 0.2) is 12.2 Å². The van der Waals surface area contributed by atoms with Crippen molar-refractivity contribution >= 4 is 39.5 Å². The third-order valence-electron chi connectivity index (χ3n) is 15.3. The summed E-state index contributed by atoms with van der Waals surface area (Å²) in [4.78, 5) is 72.1. The molecule has 0 spiro atoms. The van der Waals surface area contributed by atoms with Crippen LogP contribution in [0.15, 0.2) is 0 Å². The first-order chi connectivity index (χ1) is 41.0. The quantitative estimate of drug-likeness (QED) is 0.0222. The highest BCUT2D eigenvalue weighted by Gasteiger charge is 2.30. The summed E-state index contributed by atoms with van der Waals surface area (Å²) in [5, 5.41) is 10.5. The summed E-state index contributed by atoms with van der Waals surface area (Å²) in [6.45, 7) is 7.11. The molecule has 0 fully saturated rings. The van der Waals surface area contributed by atoms with E-state index in [1.165, 1.54) is 154 Å². The van der Waals surface area contributed by atoms with E-state index in [0.29, 0.717) is 25.7 Å². The minimum atomic E-state index is -4.94. The molecule has 3 N–H and O–H groups in total. The maximum absolute atomic E-state index is 13.0. The van der Waals surface area contributed by atoms with Crippen LogP contribution in [0, 0.1) is 5.92 Å². The second-order valence-electron chi connectivity index (χ2n) is 24.3. The lowest BCUT2D eigenvalue weighted by Crippen LogP contribution is -2.30. The molecule has 0 amide bonds. The molecule has 0 aliphatic carbocycles. The number of unbranched alkanes of at least 4 members (excludes halogenated alkanes) is 38. The lowest BCUT2D eigenvalue weighted by atomic mass is 10.0. The van der Waals surface area contributed by atoms with Crippen LogP contribution < -0.4 is 0 Å². The van der Waals surface area contributed by atoms with Crippen molar-refractivity contribution in [1.29, 1.82) is 0 Å². The molecule has 0 heterocycles. The van der Waals surface area contributed by atoms with E-state index in [4.69, 9.17) is 37.0 Å². The van der Waals surface area contributed by atoms with Crippen LogP contribution in [0.4, 0.5) is 0 Å². The van der Waals surface area contributed by atoms with E-state index in [1.807, 2.05) is 0 Å². The Kier molecular flexibility index (Phi) is 58.3. The van der Waals surface area contributed by atoms with Crippen molar-refractivity contribution in [3.8, 4) is 0 Å². The molecular weight excluding hydrogens is 1130 g/mol. The topological polar surface area (TPSA) is 237 Å². The summed E-state index contributed by atoms with van der Waals surface area (Å²) in [5.41, 5.74) is 0. The number of phosphoric ester groups is 2. The number of carbonyl (C=O) groups is 4. The Morgan fingerprint density at radius 3 is 0.800 bits per heavy atom. The maximum atomic E-state index is 13.0. The van der Waals surface area contributed by atoms with Crippen molar-refractivity contribution < 1.29 is 80.2 Å². The van der Waals surface area contributed by atoms with Gasteiger partial charge in [-0.3, -0.25) is 37.3 Å². The Balaban J connectivity index is 5.17. The minimum absolute atomic E-state index is 0.105. The molecule has 19 heteroatoms. The Hall–Kier alpha value is -1.94. The fraction of sp³-hybridized carbons (Fsp3) is 0.939. The van der Waals surface area contributed by atoms with Crippen molar-refractivity contribution in [3.05, 3.63) is 0 Å². The fourth-order valence-corrected chi connectivity index (χ4v) is 11.5. The van der Waals surface area contributed by atoms with Gasteiger partial charge >= 0.3 is 39.5 Å². The number of hydrogen-bond acceptors (Lipinski definition) is 15. The molecule has 0 aliphatic heterocycles. The number of aliphatic hydroxyl groups is 1. The van der Waals surface area contributed by atoms with Gasteiger partial charge in [-0.1, -0.05) is 285 Å². The van der Waals surface area contributed by atoms with Gasteiger partial charge in [0.05, 0.1) is 26.4 Å². The zero-order valence-electron chi connectivity index (χ0n) is 54.7. The number of ether oxygens (including phenoxy) is 4. The van der Waals surface area contributed by atoms with Gasteiger partial charge in [-0.2, -0.15) is 0 Å². The van der Waals surface area contributed by atoms with Crippen molar-refractivity contribution in [1.82, 2.24) is 0 Å². The molecule has 0 bridgehead atoms. The third kappa shape index (κ3) is 60.7. The van der Waals surface area contributed by atoms with Gasteiger partial charge in [-0.25, -0.2) is 9.13 Å². The predicted molar refractivity (Wildman–Crippen MR) is 340 cm³/mol. The molecule has 5 atom stereocenters. The SMILES string of the molecule is CCCCCCCCCCCCCCCCCC(=O)O[C@H](COC(=O)CCCCCCCCCCCCCCC)COP(=O)(O)OC[C@@H](O)COP(=O)(O)OC[C@@H](COC(=O)CCCCCCC)OC(=O)CCCCCCCCCCCC(C)C. The van der Waals surface area contributed by atoms with Gasteiger partial charge in [-0.05, 0) is 31.6 Å². The maximum Gasteiger partial charge on any atom is 0.472 e. The van der Waals surface area contributed by atoms with Crippen LogP contribution in [-0.2, 0) is 65.4 Å². The van der Waals surface area contributed by atoms with Crippen molar-refractivity contribution in [2.75, 3.05) is 39.6 Å². The summed E-state index contributed by atoms with van der Waals surface area (Å²) >= 11 is 0. The van der Waals surface area contributed by atoms with E-state index in [-0.39, 0.29) is 25.7 Å². The number of phosphoric acid groups is 2. The monoisotopic (exact) mass is 1250 g/mol. The fourth-order valence-electron chi connectivity index (χ4n) is 9.94. The second kappa shape index (κ2) is 59.7. The second-order valence-corrected chi connectivity index (χ2v) is 27.2. The molecule has 85 heavy (non-hydrogen) atoms. The molecule has 0 saturated carbocycles. The van der Waals surface area contributed by atoms with Gasteiger partial charge in [0.2, 0.25) is 0 Å². The van der Waals surface area contributed by atoms with Crippen LogP contribution in [-0.4, -0.2) is 96.7 Å². The standard InChI is InChI=1S/C66H128O17P2/c1-6-9-12-15-17-19-21-23-24-26-28-32-36-41-46-51-65(70)83-62(56-77-64(69)50-45-40-35-31-27-25-22-20-18-16-13-10-7-2)58-81-85(74,75)79-54-60(67)53-78-84(72,73)80-57-61(55-76-63(68)49-44-38-14-11-8-3)82-66(71)52-47-42-37-33-29-30-34-39-43-48-59(4)5/h59-62,67H,6-58H2,1-5H3,(H,72,73)(H,74,75)/t60-,61+,62+/m0/s1. The van der Waals surface area contributed by atoms with Gasteiger partial charge in [0.1, 0.15) is 19.3 Å². The van der Waals surface area contributed by atoms with Gasteiger partial charge in [0.25, 0.3) is 0 Å². The van der Waals surface area contributed by atoms with Crippen LogP contribution in [0.2, 0.25) is 0 Å². The smallest absolute Gasteiger partial charge is 0.462 e. The summed E-state index contributed by atoms with van der Waals surface area (Å²) in [6.07, 6.45) is 44.7. The average molecular weight is 1260 g/mol. The Labute approximate surface area is 517 Å². The molecule has 0 saturated heterocycles. The van der Waals surface area contributed by atoms with E-state index < -0.39 is 97.5 Å². The summed E-state index contributed by atoms with van der Waals surface area (Å²) in [5.74, 6) is -1.40. The van der Waals surface area contributed by atoms with E-state index in [0.717, 1.165) is 102 Å². The molecule has 2 unspecified atom stereocenters. The number of hydrogen-bond donors (Lipinski definition) is 3. The first-order valence-corrected chi connectivity index (χ1v) is 37.6. The van der Waals surface area contributed by atoms with Crippen molar-refractivity contribution in [2.24, 2.45) is 5.92 Å². The van der Waals surface area contributed by atoms with Gasteiger partial charge < -0.3 is 33.8 Å². The number of esters is 4. The van der Waals surface area contributed by atoms with Gasteiger partial charge in [-0.15, -0.1) is 0 Å². The largest absolute Gasteiger partial charge is 0.472 e. The molecule has 0 radical (unpaired) electrons. The Morgan fingerprint density at radius 1 is 0.318 bits per heavy atom. The van der Waals surface area contributed by atoms with Crippen LogP contribution in [0.1, 0.15) is 336 Å². The molecule has 0 aromatic heterocycles. The van der Waals surface area contributed by atoms with Crippen molar-refractivity contribution in [3.63, 3.8) is 0 Å². The average Bonchev–Trinajstić information content (AvgIpc) is 3.54. The van der Waals surface area contributed by atoms with E-state index >= 15 is 0 Å². The number of rotatable bonds is 66. The van der Waals surface area contributed by atoms with Crippen LogP contribution in [0.25, 0.3) is 0 Å². The van der Waals surface area contributed by atoms with Crippen LogP contribution >= 0.6 is 15.6 Å². The molecule has 17 nitrogen and oxygen atoms in total. The highest BCUT2D eigenvalue weighted by molar-refractivity contribution is 7.47. The lowest BCUT2D eigenvalue weighted by Gasteiger charge is -2.21. The van der Waals surface area contributed by atoms with Crippen molar-refractivity contribution in [2.45, 2.75) is 355 Å². The molecular formula is C66H128O17P2. The summed E-state index contributed by atoms with van der Waals surface area (Å²) in [6, 6.07) is 0. The predicted octanol–water partition coefficient (Wildman–Crippen LogP) is 18.6. The summed E-state index contributed by atoms with van der Waals surface area (Å²) < 4.78 is 67.9. The Bertz CT molecular complexity index is 1650. The summed E-state index contributed by atoms with van der Waals surface area (Å²) in [7, 11) is -9.88. The number of aliphatic hydroxyl groups excluding tert-OH is 1. The minimum Gasteiger partial charge on any atom is -0.462 e.